The third-order valence-corrected chi connectivity index (χ3v) is 4.95. The van der Waals surface area contributed by atoms with Gasteiger partial charge in [-0.2, -0.15) is 0 Å². The lowest BCUT2D eigenvalue weighted by Crippen LogP contribution is -2.22. The highest BCUT2D eigenvalue weighted by Crippen LogP contribution is 2.32. The van der Waals surface area contributed by atoms with Crippen LogP contribution in [0.2, 0.25) is 0 Å². The third kappa shape index (κ3) is 2.90. The lowest BCUT2D eigenvalue weighted by atomic mass is 9.90. The summed E-state index contributed by atoms with van der Waals surface area (Å²) in [6, 6.07) is 7.80. The van der Waals surface area contributed by atoms with E-state index in [-0.39, 0.29) is 5.91 Å². The van der Waals surface area contributed by atoms with Gasteiger partial charge >= 0.3 is 0 Å². The number of fused-ring (bicyclic) bond motifs is 1. The van der Waals surface area contributed by atoms with Gasteiger partial charge in [-0.1, -0.05) is 13.0 Å². The molecule has 0 fully saturated rings. The average Bonchev–Trinajstić information content (AvgIpc) is 2.89. The van der Waals surface area contributed by atoms with E-state index >= 15 is 0 Å². The van der Waals surface area contributed by atoms with Gasteiger partial charge in [-0.25, -0.2) is 0 Å². The fraction of sp³-hybridized carbons (Fsp3) is 0.375. The molecule has 0 aliphatic heterocycles. The van der Waals surface area contributed by atoms with Crippen molar-refractivity contribution >= 4 is 17.2 Å². The minimum absolute atomic E-state index is 0.0164. The lowest BCUT2D eigenvalue weighted by molar-refractivity contribution is 0.0954. The van der Waals surface area contributed by atoms with Crippen LogP contribution in [0.3, 0.4) is 0 Å². The number of thiophene rings is 1. The number of nitrogens with one attached hydrogen (secondary N) is 1. The van der Waals surface area contributed by atoms with E-state index in [1.165, 1.54) is 16.9 Å². The molecular formula is C16H18N2OS. The fourth-order valence-corrected chi connectivity index (χ4v) is 3.70. The first-order valence-corrected chi connectivity index (χ1v) is 7.83. The summed E-state index contributed by atoms with van der Waals surface area (Å²) in [6.45, 7) is 2.76. The number of rotatable bonds is 3. The Morgan fingerprint density at radius 2 is 2.40 bits per heavy atom. The maximum Gasteiger partial charge on any atom is 0.261 e. The van der Waals surface area contributed by atoms with E-state index in [1.54, 1.807) is 17.5 Å². The maximum absolute atomic E-state index is 12.2. The van der Waals surface area contributed by atoms with E-state index in [9.17, 15) is 4.79 Å². The van der Waals surface area contributed by atoms with Crippen LogP contribution in [0.15, 0.2) is 30.5 Å². The zero-order valence-corrected chi connectivity index (χ0v) is 12.4. The molecule has 0 bridgehead atoms. The van der Waals surface area contributed by atoms with Gasteiger partial charge in [-0.05, 0) is 48.9 Å². The van der Waals surface area contributed by atoms with E-state index in [0.29, 0.717) is 6.54 Å². The molecule has 0 saturated carbocycles. The number of aromatic nitrogens is 1. The molecule has 1 N–H and O–H groups in total. The van der Waals surface area contributed by atoms with Crippen LogP contribution in [0.1, 0.15) is 39.2 Å². The summed E-state index contributed by atoms with van der Waals surface area (Å²) < 4.78 is 0. The van der Waals surface area contributed by atoms with Crippen LogP contribution in [-0.4, -0.2) is 10.9 Å². The molecule has 0 saturated heterocycles. The molecule has 2 aromatic heterocycles. The van der Waals surface area contributed by atoms with Crippen molar-refractivity contribution in [1.29, 1.82) is 0 Å². The van der Waals surface area contributed by atoms with E-state index in [1.807, 2.05) is 18.2 Å². The van der Waals surface area contributed by atoms with Crippen molar-refractivity contribution < 1.29 is 4.79 Å². The molecule has 20 heavy (non-hydrogen) atoms. The molecule has 2 aromatic rings. The molecular weight excluding hydrogens is 268 g/mol. The highest BCUT2D eigenvalue weighted by atomic mass is 32.1. The van der Waals surface area contributed by atoms with Gasteiger partial charge < -0.3 is 5.32 Å². The van der Waals surface area contributed by atoms with E-state index in [4.69, 9.17) is 0 Å². The second kappa shape index (κ2) is 5.75. The first-order chi connectivity index (χ1) is 9.72. The van der Waals surface area contributed by atoms with Crippen molar-refractivity contribution in [3.63, 3.8) is 0 Å². The second-order valence-electron chi connectivity index (χ2n) is 5.41. The first-order valence-electron chi connectivity index (χ1n) is 7.02. The maximum atomic E-state index is 12.2. The minimum Gasteiger partial charge on any atom is -0.346 e. The van der Waals surface area contributed by atoms with Gasteiger partial charge in [0.15, 0.2) is 0 Å². The largest absolute Gasteiger partial charge is 0.346 e. The van der Waals surface area contributed by atoms with Gasteiger partial charge in [0.05, 0.1) is 17.1 Å². The van der Waals surface area contributed by atoms with E-state index in [0.717, 1.165) is 29.3 Å². The summed E-state index contributed by atoms with van der Waals surface area (Å²) in [7, 11) is 0. The Kier molecular flexibility index (Phi) is 3.83. The number of hydrogen-bond donors (Lipinski definition) is 1. The molecule has 1 aliphatic carbocycles. The summed E-state index contributed by atoms with van der Waals surface area (Å²) >= 11 is 1.65. The fourth-order valence-electron chi connectivity index (χ4n) is 2.58. The Balaban J connectivity index is 1.66. The molecule has 3 rings (SSSR count). The normalized spacial score (nSPS) is 17.6. The average molecular weight is 286 g/mol. The predicted octanol–water partition coefficient (Wildman–Crippen LogP) is 3.20. The Morgan fingerprint density at radius 1 is 1.50 bits per heavy atom. The highest BCUT2D eigenvalue weighted by Gasteiger charge is 2.20. The van der Waals surface area contributed by atoms with Crippen molar-refractivity contribution in [2.24, 2.45) is 5.92 Å². The van der Waals surface area contributed by atoms with Crippen LogP contribution in [0, 0.1) is 5.92 Å². The first kappa shape index (κ1) is 13.3. The van der Waals surface area contributed by atoms with Crippen molar-refractivity contribution in [3.8, 4) is 0 Å². The van der Waals surface area contributed by atoms with Crippen LogP contribution in [0.4, 0.5) is 0 Å². The van der Waals surface area contributed by atoms with Gasteiger partial charge in [0.1, 0.15) is 0 Å². The second-order valence-corrected chi connectivity index (χ2v) is 6.55. The summed E-state index contributed by atoms with van der Waals surface area (Å²) in [6.07, 6.45) is 5.21. The zero-order valence-electron chi connectivity index (χ0n) is 11.6. The molecule has 4 heteroatoms. The number of nitrogens with zero attached hydrogens (tertiary/aromatic N) is 1. The van der Waals surface area contributed by atoms with Gasteiger partial charge in [0.25, 0.3) is 5.91 Å². The number of aryl methyl sites for hydroxylation is 1. The number of amides is 1. The van der Waals surface area contributed by atoms with Crippen LogP contribution < -0.4 is 5.32 Å². The highest BCUT2D eigenvalue weighted by molar-refractivity contribution is 7.14. The molecule has 0 spiro atoms. The molecule has 3 nitrogen and oxygen atoms in total. The molecule has 0 radical (unpaired) electrons. The Hall–Kier alpha value is -1.68. The van der Waals surface area contributed by atoms with Gasteiger partial charge in [0, 0.05) is 11.1 Å². The van der Waals surface area contributed by atoms with Gasteiger partial charge in [-0.3, -0.25) is 9.78 Å². The molecule has 0 unspecified atom stereocenters. The quantitative estimate of drug-likeness (QED) is 0.941. The summed E-state index contributed by atoms with van der Waals surface area (Å²) in [4.78, 5) is 18.6. The number of carbonyl (C=O) groups excluding carboxylic acids is 1. The standard InChI is InChI=1S/C16H18N2OS/c1-11-5-6-14-12(8-11)9-15(20-14)16(19)18-10-13-4-2-3-7-17-13/h2-4,7,9,11H,5-6,8,10H2,1H3,(H,18,19)/t11-/m0/s1. The molecule has 2 heterocycles. The van der Waals surface area contributed by atoms with Crippen molar-refractivity contribution in [3.05, 3.63) is 51.5 Å². The van der Waals surface area contributed by atoms with Crippen LogP contribution >= 0.6 is 11.3 Å². The van der Waals surface area contributed by atoms with Gasteiger partial charge in [0.2, 0.25) is 0 Å². The van der Waals surface area contributed by atoms with Gasteiger partial charge in [-0.15, -0.1) is 11.3 Å². The van der Waals surface area contributed by atoms with Crippen molar-refractivity contribution in [2.75, 3.05) is 0 Å². The summed E-state index contributed by atoms with van der Waals surface area (Å²) in [5, 5.41) is 2.94. The SMILES string of the molecule is C[C@H]1CCc2sc(C(=O)NCc3ccccn3)cc2C1. The lowest BCUT2D eigenvalue weighted by Gasteiger charge is -2.16. The molecule has 1 aliphatic rings. The molecule has 1 atom stereocenters. The Morgan fingerprint density at radius 3 is 3.20 bits per heavy atom. The number of pyridine rings is 1. The zero-order chi connectivity index (χ0) is 13.9. The Bertz CT molecular complexity index is 606. The predicted molar refractivity (Wildman–Crippen MR) is 80.9 cm³/mol. The number of hydrogen-bond acceptors (Lipinski definition) is 3. The minimum atomic E-state index is 0.0164. The van der Waals surface area contributed by atoms with E-state index < -0.39 is 0 Å². The smallest absolute Gasteiger partial charge is 0.261 e. The Labute approximate surface area is 123 Å². The third-order valence-electron chi connectivity index (χ3n) is 3.71. The van der Waals surface area contributed by atoms with Crippen LogP contribution in [0.25, 0.3) is 0 Å². The van der Waals surface area contributed by atoms with E-state index in [2.05, 4.69) is 23.3 Å². The van der Waals surface area contributed by atoms with Crippen molar-refractivity contribution in [2.45, 2.75) is 32.7 Å². The van der Waals surface area contributed by atoms with Crippen LogP contribution in [0.5, 0.6) is 0 Å². The summed E-state index contributed by atoms with van der Waals surface area (Å²) in [5.41, 5.74) is 2.26. The van der Waals surface area contributed by atoms with Crippen LogP contribution in [-0.2, 0) is 19.4 Å². The molecule has 0 aromatic carbocycles. The molecule has 104 valence electrons. The topological polar surface area (TPSA) is 42.0 Å². The monoisotopic (exact) mass is 286 g/mol. The summed E-state index contributed by atoms with van der Waals surface area (Å²) in [5.74, 6) is 0.754. The van der Waals surface area contributed by atoms with Crippen molar-refractivity contribution in [1.82, 2.24) is 10.3 Å². The number of carbonyl (C=O) groups is 1. The molecule has 1 amide bonds.